The second-order valence-corrected chi connectivity index (χ2v) is 21.7. The molecule has 0 rings (SSSR count). The van der Waals surface area contributed by atoms with E-state index in [2.05, 4.69) is 81.5 Å². The molecule has 0 bridgehead atoms. The van der Waals surface area contributed by atoms with Crippen LogP contribution < -0.4 is 0 Å². The van der Waals surface area contributed by atoms with Crippen molar-refractivity contribution in [3.63, 3.8) is 0 Å². The number of hydrogen-bond donors (Lipinski definition) is 0. The molecule has 0 aliphatic heterocycles. The molecule has 0 aromatic heterocycles. The average Bonchev–Trinajstić information content (AvgIpc) is 3.40. The Morgan fingerprint density at radius 3 is 0.824 bits per heavy atom. The normalized spacial score (nSPS) is 12.4. The number of rotatable bonds is 59. The first-order valence-electron chi connectivity index (χ1n) is 32.3. The molecule has 6 nitrogen and oxygen atoms in total. The van der Waals surface area contributed by atoms with Gasteiger partial charge in [0.1, 0.15) is 13.2 Å². The van der Waals surface area contributed by atoms with E-state index in [0.29, 0.717) is 19.3 Å². The van der Waals surface area contributed by atoms with Gasteiger partial charge < -0.3 is 14.2 Å². The highest BCUT2D eigenvalue weighted by Gasteiger charge is 2.19. The predicted octanol–water partition coefficient (Wildman–Crippen LogP) is 21.9. The topological polar surface area (TPSA) is 78.9 Å². The van der Waals surface area contributed by atoms with Crippen molar-refractivity contribution in [3.8, 4) is 0 Å². The summed E-state index contributed by atoms with van der Waals surface area (Å²) in [4.78, 5) is 38.0. The summed E-state index contributed by atoms with van der Waals surface area (Å²) in [7, 11) is 0. The van der Waals surface area contributed by atoms with Crippen molar-refractivity contribution in [1.29, 1.82) is 0 Å². The number of esters is 3. The average molecular weight is 1040 g/mol. The predicted molar refractivity (Wildman–Crippen MR) is 321 cm³/mol. The summed E-state index contributed by atoms with van der Waals surface area (Å²) in [5.41, 5.74) is 0. The van der Waals surface area contributed by atoms with E-state index >= 15 is 0 Å². The van der Waals surface area contributed by atoms with E-state index in [9.17, 15) is 14.4 Å². The van der Waals surface area contributed by atoms with Crippen LogP contribution in [0.2, 0.25) is 0 Å². The van der Waals surface area contributed by atoms with Gasteiger partial charge in [-0.05, 0) is 64.2 Å². The van der Waals surface area contributed by atoms with E-state index in [4.69, 9.17) is 14.2 Å². The summed E-state index contributed by atoms with van der Waals surface area (Å²) < 4.78 is 16.8. The minimum atomic E-state index is -0.770. The van der Waals surface area contributed by atoms with Crippen LogP contribution in [-0.4, -0.2) is 37.2 Å². The van der Waals surface area contributed by atoms with Gasteiger partial charge >= 0.3 is 17.9 Å². The van der Waals surface area contributed by atoms with Crippen LogP contribution in [0.5, 0.6) is 0 Å². The van der Waals surface area contributed by atoms with Crippen molar-refractivity contribution in [3.05, 3.63) is 60.8 Å². The lowest BCUT2D eigenvalue weighted by Gasteiger charge is -2.18. The molecule has 0 aliphatic carbocycles. The van der Waals surface area contributed by atoms with Gasteiger partial charge in [0, 0.05) is 19.3 Å². The lowest BCUT2D eigenvalue weighted by Crippen LogP contribution is -2.30. The first-order valence-corrected chi connectivity index (χ1v) is 32.3. The minimum absolute atomic E-state index is 0.0712. The summed E-state index contributed by atoms with van der Waals surface area (Å²) in [6.07, 6.45) is 79.8. The van der Waals surface area contributed by atoms with Gasteiger partial charge in [-0.1, -0.05) is 313 Å². The molecular formula is C68H122O6. The maximum absolute atomic E-state index is 12.8. The van der Waals surface area contributed by atoms with Crippen LogP contribution in [0.15, 0.2) is 60.8 Å². The van der Waals surface area contributed by atoms with Crippen molar-refractivity contribution in [1.82, 2.24) is 0 Å². The monoisotopic (exact) mass is 1030 g/mol. The zero-order valence-corrected chi connectivity index (χ0v) is 49.4. The summed E-state index contributed by atoms with van der Waals surface area (Å²) in [6, 6.07) is 0. The third-order valence-electron chi connectivity index (χ3n) is 14.3. The van der Waals surface area contributed by atoms with Gasteiger partial charge in [-0.2, -0.15) is 0 Å². The summed E-state index contributed by atoms with van der Waals surface area (Å²) in [5, 5.41) is 0. The van der Waals surface area contributed by atoms with E-state index in [-0.39, 0.29) is 31.1 Å². The second kappa shape index (κ2) is 62.6. The molecule has 0 saturated heterocycles. The molecule has 0 fully saturated rings. The fraction of sp³-hybridized carbons (Fsp3) is 0.809. The van der Waals surface area contributed by atoms with E-state index < -0.39 is 6.10 Å². The summed E-state index contributed by atoms with van der Waals surface area (Å²) in [5.74, 6) is -0.866. The molecular weight excluding hydrogens is 913 g/mol. The van der Waals surface area contributed by atoms with Crippen molar-refractivity contribution >= 4 is 17.9 Å². The summed E-state index contributed by atoms with van der Waals surface area (Å²) >= 11 is 0. The number of allylic oxidation sites excluding steroid dienone is 10. The van der Waals surface area contributed by atoms with Gasteiger partial charge in [0.2, 0.25) is 0 Å². The number of ether oxygens (including phenoxy) is 3. The first-order chi connectivity index (χ1) is 36.5. The van der Waals surface area contributed by atoms with Gasteiger partial charge in [-0.15, -0.1) is 0 Å². The Hall–Kier alpha value is -2.89. The van der Waals surface area contributed by atoms with Crippen molar-refractivity contribution < 1.29 is 28.6 Å². The van der Waals surface area contributed by atoms with Crippen LogP contribution in [0.3, 0.4) is 0 Å². The molecule has 0 aromatic rings. The van der Waals surface area contributed by atoms with Crippen LogP contribution in [0.1, 0.15) is 335 Å². The lowest BCUT2D eigenvalue weighted by molar-refractivity contribution is -0.167. The van der Waals surface area contributed by atoms with Gasteiger partial charge in [0.05, 0.1) is 0 Å². The molecule has 0 heterocycles. The molecule has 0 radical (unpaired) electrons. The third kappa shape index (κ3) is 60.0. The quantitative estimate of drug-likeness (QED) is 0.0261. The maximum Gasteiger partial charge on any atom is 0.306 e. The highest BCUT2D eigenvalue weighted by molar-refractivity contribution is 5.71. The van der Waals surface area contributed by atoms with Gasteiger partial charge in [0.25, 0.3) is 0 Å². The van der Waals surface area contributed by atoms with Crippen LogP contribution in [0, 0.1) is 0 Å². The lowest BCUT2D eigenvalue weighted by atomic mass is 10.0. The molecule has 0 saturated carbocycles. The molecule has 0 aliphatic rings. The number of carbonyl (C=O) groups excluding carboxylic acids is 3. The van der Waals surface area contributed by atoms with Gasteiger partial charge in [-0.3, -0.25) is 14.4 Å². The fourth-order valence-electron chi connectivity index (χ4n) is 9.47. The molecule has 0 N–H and O–H groups in total. The highest BCUT2D eigenvalue weighted by Crippen LogP contribution is 2.18. The second-order valence-electron chi connectivity index (χ2n) is 21.7. The SMILES string of the molecule is CC/C=C\C/C=C\C/C=C\C/C=C\C/C=C\CCCCCCCCCCCCCC(=O)OCC(COC(=O)CCCCCCCC)OC(=O)CCCCCCCCCCCCCCCCCCCCCCCCC. The Morgan fingerprint density at radius 2 is 0.527 bits per heavy atom. The number of hydrogen-bond acceptors (Lipinski definition) is 6. The third-order valence-corrected chi connectivity index (χ3v) is 14.3. The van der Waals surface area contributed by atoms with E-state index in [1.54, 1.807) is 0 Å². The zero-order valence-electron chi connectivity index (χ0n) is 49.4. The van der Waals surface area contributed by atoms with Crippen LogP contribution in [-0.2, 0) is 28.6 Å². The molecule has 0 spiro atoms. The Kier molecular flexibility index (Phi) is 60.2. The fourth-order valence-corrected chi connectivity index (χ4v) is 9.47. The molecule has 0 amide bonds. The Morgan fingerprint density at radius 1 is 0.284 bits per heavy atom. The number of carbonyl (C=O) groups is 3. The van der Waals surface area contributed by atoms with Crippen molar-refractivity contribution in [2.24, 2.45) is 0 Å². The van der Waals surface area contributed by atoms with Gasteiger partial charge in [-0.25, -0.2) is 0 Å². The van der Waals surface area contributed by atoms with Crippen LogP contribution in [0.4, 0.5) is 0 Å². The van der Waals surface area contributed by atoms with Crippen LogP contribution >= 0.6 is 0 Å². The van der Waals surface area contributed by atoms with E-state index in [1.807, 2.05) is 0 Å². The Bertz CT molecular complexity index is 1330. The standard InChI is InChI=1S/C68H122O6/c1-4-7-10-13-16-18-20-22-24-26-28-30-32-33-34-35-37-38-40-42-44-46-48-50-52-55-58-61-67(70)73-64-65(63-72-66(69)60-57-54-15-12-9-6-3)74-68(71)62-59-56-53-51-49-47-45-43-41-39-36-31-29-27-25-23-21-19-17-14-11-8-5-2/h7,10,16,18,22,24,28,30,33-34,65H,4-6,8-9,11-15,17,19-21,23,25-27,29,31-32,35-64H2,1-3H3/b10-7-,18-16-,24-22-,30-28-,34-33-. The maximum atomic E-state index is 12.8. The molecule has 0 aromatic carbocycles. The largest absolute Gasteiger partial charge is 0.462 e. The van der Waals surface area contributed by atoms with E-state index in [1.165, 1.54) is 205 Å². The van der Waals surface area contributed by atoms with E-state index in [0.717, 1.165) is 89.9 Å². The Balaban J connectivity index is 4.06. The van der Waals surface area contributed by atoms with Crippen molar-refractivity contribution in [2.45, 2.75) is 341 Å². The smallest absolute Gasteiger partial charge is 0.306 e. The van der Waals surface area contributed by atoms with Crippen molar-refractivity contribution in [2.75, 3.05) is 13.2 Å². The molecule has 6 heteroatoms. The van der Waals surface area contributed by atoms with Crippen LogP contribution in [0.25, 0.3) is 0 Å². The van der Waals surface area contributed by atoms with Gasteiger partial charge in [0.15, 0.2) is 6.10 Å². The molecule has 1 atom stereocenters. The first kappa shape index (κ1) is 71.1. The Labute approximate surface area is 460 Å². The summed E-state index contributed by atoms with van der Waals surface area (Å²) in [6.45, 7) is 6.51. The zero-order chi connectivity index (χ0) is 53.6. The molecule has 430 valence electrons. The number of unbranched alkanes of at least 4 members (excludes halogenated alkanes) is 38. The minimum Gasteiger partial charge on any atom is -0.462 e. The highest BCUT2D eigenvalue weighted by atomic mass is 16.6. The molecule has 1 unspecified atom stereocenters. The molecule has 74 heavy (non-hydrogen) atoms.